The molecule has 0 radical (unpaired) electrons. The van der Waals surface area contributed by atoms with E-state index in [1.807, 2.05) is 0 Å². The normalized spacial score (nSPS) is 12.4. The van der Waals surface area contributed by atoms with E-state index in [0.717, 1.165) is 0 Å². The summed E-state index contributed by atoms with van der Waals surface area (Å²) in [5.74, 6) is -4.96. The maximum Gasteiger partial charge on any atom is 2.00 e. The zero-order valence-electron chi connectivity index (χ0n) is 42.1. The van der Waals surface area contributed by atoms with Crippen molar-refractivity contribution in [1.82, 2.24) is 58.8 Å². The number of aliphatic carboxylic acids is 4. The first kappa shape index (κ1) is 59.5. The van der Waals surface area contributed by atoms with Crippen LogP contribution in [0.4, 0.5) is 0 Å². The molecule has 0 atom stereocenters. The van der Waals surface area contributed by atoms with Gasteiger partial charge in [0.25, 0.3) is 0 Å². The van der Waals surface area contributed by atoms with Crippen LogP contribution in [0, 0.1) is 0 Å². The minimum absolute atomic E-state index is 0. The van der Waals surface area contributed by atoms with Crippen molar-refractivity contribution in [3.63, 3.8) is 0 Å². The molecule has 0 saturated carbocycles. The second kappa shape index (κ2) is 23.8. The molecule has 3 aromatic heterocycles. The fraction of sp³-hybridized carbons (Fsp3) is 0.250. The number of hydrogen-bond donors (Lipinski definition) is 10. The van der Waals surface area contributed by atoms with E-state index in [1.165, 1.54) is 72.8 Å². The maximum atomic E-state index is 13.7. The Morgan fingerprint density at radius 3 is 0.914 bits per heavy atom. The summed E-state index contributed by atoms with van der Waals surface area (Å²) in [6, 6.07) is 15.7. The van der Waals surface area contributed by atoms with Gasteiger partial charge in [-0.3, -0.25) is 19.2 Å². The van der Waals surface area contributed by atoms with Crippen LogP contribution in [0.15, 0.2) is 92.4 Å². The minimum Gasteiger partial charge on any atom is -0.481 e. The van der Waals surface area contributed by atoms with Crippen LogP contribution >= 0.6 is 0 Å². The number of benzene rings is 4. The number of carbonyl (C=O) groups is 4. The molecule has 2 aliphatic rings. The summed E-state index contributed by atoms with van der Waals surface area (Å²) in [7, 11) is -17.2. The number of aromatic nitrogens is 8. The second-order valence-electron chi connectivity index (χ2n) is 18.0. The monoisotopic (exact) mass is 1240 g/mol. The quantitative estimate of drug-likeness (QED) is 0.0306. The Morgan fingerprint density at radius 1 is 0.358 bits per heavy atom. The molecule has 33 heteroatoms. The number of carboxylic acids is 4. The van der Waals surface area contributed by atoms with Crippen LogP contribution in [0.5, 0.6) is 0 Å². The number of hydrogen-bond acceptors (Lipinski definition) is 18. The van der Waals surface area contributed by atoms with Gasteiger partial charge in [-0.2, -0.15) is 0 Å². The van der Waals surface area contributed by atoms with Crippen LogP contribution in [0.1, 0.15) is 51.4 Å². The van der Waals surface area contributed by atoms with Gasteiger partial charge in [-0.25, -0.2) is 82.5 Å². The molecule has 0 spiro atoms. The molecule has 28 nitrogen and oxygen atoms in total. The molecule has 7 aromatic rings. The zero-order chi connectivity index (χ0) is 57.3. The Labute approximate surface area is 472 Å². The van der Waals surface area contributed by atoms with Crippen molar-refractivity contribution in [2.75, 3.05) is 26.2 Å². The molecule has 2 aliphatic heterocycles. The maximum absolute atomic E-state index is 13.7. The van der Waals surface area contributed by atoms with Gasteiger partial charge < -0.3 is 30.4 Å². The molecule has 5 heterocycles. The van der Waals surface area contributed by atoms with Crippen molar-refractivity contribution in [2.45, 2.75) is 70.9 Å². The first-order valence-corrected chi connectivity index (χ1v) is 30.1. The SMILES string of the molecule is O=C(O)CCCNS(=O)(=O)c1ccc2c(c1)-c1nc-2nc2[nH]c(nc3nc(nc4[nH]c(n1)c1ccc(S(=O)(=O)NCCCC(=O)O)cc41)-c1ccc(S(=O)(=O)NCCCC(=O)O)cc1-3)c1ccc(S(=O)(=O)NCCCC(=O)O)cc21.[Zn+2]. The Balaban J connectivity index is 0.00000860. The van der Waals surface area contributed by atoms with E-state index in [9.17, 15) is 52.8 Å². The van der Waals surface area contributed by atoms with Crippen LogP contribution in [0.25, 0.3) is 89.7 Å². The van der Waals surface area contributed by atoms with Crippen LogP contribution in [-0.4, -0.2) is 144 Å². The van der Waals surface area contributed by atoms with Gasteiger partial charge in [-0.05, 0) is 98.5 Å². The summed E-state index contributed by atoms with van der Waals surface area (Å²) >= 11 is 0. The third kappa shape index (κ3) is 13.3. The molecule has 10 N–H and O–H groups in total. The largest absolute Gasteiger partial charge is 2.00 e. The number of carboxylic acid groups (broad SMARTS) is 4. The first-order valence-electron chi connectivity index (χ1n) is 24.1. The molecule has 81 heavy (non-hydrogen) atoms. The summed E-state index contributed by atoms with van der Waals surface area (Å²) in [6.07, 6.45) is -1.31. The van der Waals surface area contributed by atoms with E-state index in [2.05, 4.69) is 28.9 Å². The van der Waals surface area contributed by atoms with E-state index < -0.39 is 64.0 Å². The van der Waals surface area contributed by atoms with Crippen LogP contribution in [0.3, 0.4) is 0 Å². The third-order valence-electron chi connectivity index (χ3n) is 12.4. The van der Waals surface area contributed by atoms with Crippen LogP contribution in [0.2, 0.25) is 0 Å². The standard InChI is InChI=1S/C48H46N12O16S4.Zn/c61-37(62)5-1-17-49-77(69,70)25-9-13-29-33(21-25)45-53-41(29)58-46-35-23-27(79(73,74)51-19-3-7-39(65)66)11-15-31(35)43(55-46)60-48-36-24-28(80(75,76)52-20-4-8-40(67)68)12-16-32(36)44(56-48)59-47-34-22-26(10-14-30(34)42(54-47)57-45)78(71,72)50-18-2-6-38(63)64;/h9-16,21-24,49-52H,1-8,17-20H2,(H,61,62)(H,63,64)(H,65,66)(H,67,68)(H2,53,54,55,56,57,58,59,60);/q;+2. The van der Waals surface area contributed by atoms with Gasteiger partial charge in [-0.15, -0.1) is 0 Å². The summed E-state index contributed by atoms with van der Waals surface area (Å²) in [4.78, 5) is 78.6. The van der Waals surface area contributed by atoms with Crippen molar-refractivity contribution in [2.24, 2.45) is 0 Å². The van der Waals surface area contributed by atoms with Gasteiger partial charge in [-0.1, -0.05) is 0 Å². The van der Waals surface area contributed by atoms with E-state index >= 15 is 0 Å². The van der Waals surface area contributed by atoms with Crippen molar-refractivity contribution in [3.8, 4) is 45.6 Å². The van der Waals surface area contributed by atoms with E-state index in [0.29, 0.717) is 0 Å². The summed E-state index contributed by atoms with van der Waals surface area (Å²) in [6.45, 7) is -0.865. The summed E-state index contributed by atoms with van der Waals surface area (Å²) < 4.78 is 119. The average molecular weight is 1240 g/mol. The van der Waals surface area contributed by atoms with E-state index in [4.69, 9.17) is 50.3 Å². The Hall–Kier alpha value is -7.62. The molecule has 9 rings (SSSR count). The predicted molar refractivity (Wildman–Crippen MR) is 284 cm³/mol. The van der Waals surface area contributed by atoms with Crippen molar-refractivity contribution in [1.29, 1.82) is 0 Å². The number of H-pyrrole nitrogens is 2. The van der Waals surface area contributed by atoms with Gasteiger partial charge >= 0.3 is 43.4 Å². The Morgan fingerprint density at radius 2 is 0.617 bits per heavy atom. The summed E-state index contributed by atoms with van der Waals surface area (Å²) in [5, 5.41) is 37.2. The molecule has 4 aromatic carbocycles. The second-order valence-corrected chi connectivity index (χ2v) is 25.1. The molecule has 0 amide bonds. The van der Waals surface area contributed by atoms with Crippen LogP contribution < -0.4 is 18.9 Å². The zero-order valence-corrected chi connectivity index (χ0v) is 48.4. The van der Waals surface area contributed by atoms with Crippen molar-refractivity contribution >= 4 is 108 Å². The van der Waals surface area contributed by atoms with Gasteiger partial charge in [0.15, 0.2) is 23.3 Å². The fourth-order valence-corrected chi connectivity index (χ4v) is 12.9. The third-order valence-corrected chi connectivity index (χ3v) is 18.2. The molecular weight excluding hydrogens is 1190 g/mol. The van der Waals surface area contributed by atoms with Crippen molar-refractivity contribution in [3.05, 3.63) is 72.8 Å². The molecule has 0 saturated heterocycles. The van der Waals surface area contributed by atoms with Gasteiger partial charge in [0, 0.05) is 95.7 Å². The summed E-state index contributed by atoms with van der Waals surface area (Å²) in [5.41, 5.74) is 0.532. The first-order chi connectivity index (χ1) is 37.9. The molecular formula is C48H46N12O16S4Zn+2. The topological polar surface area (TPSA) is 443 Å². The van der Waals surface area contributed by atoms with Crippen LogP contribution in [-0.2, 0) is 78.7 Å². The number of nitrogens with zero attached hydrogens (tertiary/aromatic N) is 6. The number of fused-ring (bicyclic) bond motifs is 20. The Kier molecular flexibility index (Phi) is 17.5. The molecule has 8 bridgehead atoms. The Bertz CT molecular complexity index is 4110. The number of nitrogens with one attached hydrogen (secondary N) is 6. The van der Waals surface area contributed by atoms with Crippen molar-refractivity contribution < 1.29 is 92.8 Å². The number of aromatic amines is 2. The smallest absolute Gasteiger partial charge is 0.481 e. The number of rotatable bonds is 24. The predicted octanol–water partition coefficient (Wildman–Crippen LogP) is 3.44. The number of sulfonamides is 4. The average Bonchev–Trinajstić information content (AvgIpc) is 4.29. The fourth-order valence-electron chi connectivity index (χ4n) is 8.50. The molecule has 0 fully saturated rings. The molecule has 418 valence electrons. The minimum atomic E-state index is -4.30. The van der Waals surface area contributed by atoms with E-state index in [1.54, 1.807) is 0 Å². The van der Waals surface area contributed by atoms with Gasteiger partial charge in [0.2, 0.25) is 40.1 Å². The molecule has 0 unspecified atom stereocenters. The molecule has 0 aliphatic carbocycles. The van der Waals surface area contributed by atoms with E-state index in [-0.39, 0.29) is 206 Å². The van der Waals surface area contributed by atoms with Gasteiger partial charge in [0.05, 0.1) is 19.6 Å². The van der Waals surface area contributed by atoms with Gasteiger partial charge in [0.1, 0.15) is 22.6 Å².